The summed E-state index contributed by atoms with van der Waals surface area (Å²) in [7, 11) is 0. The monoisotopic (exact) mass is 768 g/mol. The van der Waals surface area contributed by atoms with E-state index >= 15 is 0 Å². The lowest BCUT2D eigenvalue weighted by molar-refractivity contribution is -0.138. The maximum absolute atomic E-state index is 14.2. The average molecular weight is 769 g/mol. The Kier molecular flexibility index (Phi) is 11.2. The number of nitrogens with zero attached hydrogens (tertiary/aromatic N) is 6. The number of carboxylic acid groups (broad SMARTS) is 1. The number of carbonyl (C=O) groups excluding carboxylic acids is 2. The average Bonchev–Trinajstić information content (AvgIpc) is 4.09. The molecule has 0 bridgehead atoms. The van der Waals surface area contributed by atoms with Gasteiger partial charge in [0.25, 0.3) is 0 Å². The Balaban J connectivity index is 0.947. The highest BCUT2D eigenvalue weighted by atomic mass is 16.4. The first kappa shape index (κ1) is 38.1. The fourth-order valence-corrected chi connectivity index (χ4v) is 9.39. The number of imidazole rings is 2. The largest absolute Gasteiger partial charge is 0.465 e. The second-order valence-corrected chi connectivity index (χ2v) is 15.5. The third-order valence-corrected chi connectivity index (χ3v) is 12.3. The Bertz CT molecular complexity index is 2160. The number of aromatic nitrogens is 4. The van der Waals surface area contributed by atoms with Gasteiger partial charge in [0.2, 0.25) is 11.8 Å². The van der Waals surface area contributed by atoms with Crippen LogP contribution in [0.15, 0.2) is 97.5 Å². The molecule has 1 saturated carbocycles. The lowest BCUT2D eigenvalue weighted by Gasteiger charge is -2.34. The zero-order valence-corrected chi connectivity index (χ0v) is 32.8. The van der Waals surface area contributed by atoms with Crippen LogP contribution in [0, 0.1) is 5.92 Å². The van der Waals surface area contributed by atoms with Gasteiger partial charge in [-0.2, -0.15) is 0 Å². The van der Waals surface area contributed by atoms with Crippen LogP contribution in [0.3, 0.4) is 0 Å². The molecule has 2 aliphatic heterocycles. The molecule has 3 fully saturated rings. The van der Waals surface area contributed by atoms with Crippen molar-refractivity contribution in [2.24, 2.45) is 5.92 Å². The Hall–Kier alpha value is -5.75. The van der Waals surface area contributed by atoms with Crippen molar-refractivity contribution in [2.75, 3.05) is 26.2 Å². The van der Waals surface area contributed by atoms with Crippen LogP contribution in [0.1, 0.15) is 94.1 Å². The first-order valence-electron chi connectivity index (χ1n) is 20.5. The van der Waals surface area contributed by atoms with Gasteiger partial charge >= 0.3 is 6.09 Å². The first-order valence-corrected chi connectivity index (χ1v) is 20.5. The fraction of sp³-hybridized carbons (Fsp3) is 0.400. The van der Waals surface area contributed by atoms with Gasteiger partial charge in [0, 0.05) is 37.2 Å². The molecular formula is C45H52N8O4. The third kappa shape index (κ3) is 7.70. The molecule has 0 spiro atoms. The van der Waals surface area contributed by atoms with Crippen molar-refractivity contribution in [3.05, 3.63) is 115 Å². The molecule has 5 atom stereocenters. The molecule has 1 aliphatic carbocycles. The standard InChI is InChI=1S/C45H52N8O4/c1-3-50(4-2)40(33-11-6-5-7-12-33)44(55)52-26-9-15-38(52)41-47-29-37(48-41)32-19-17-30(18-20-32)31-21-23-34(24-22-31)51-28-25-46-42(51)39-16-10-27-53(39)43(54)35-13-8-14-36(35)49-45(56)57/h5-7,11-12,17-25,28-29,35-36,38-40,49H,3-4,8-10,13-16,26-27H2,1-2H3,(H,47,48)(H,56,57)/t35-,36-,38-,39-,40+/m0/s1. The maximum atomic E-state index is 14.2. The predicted molar refractivity (Wildman–Crippen MR) is 218 cm³/mol. The molecule has 4 heterocycles. The van der Waals surface area contributed by atoms with Crippen LogP contribution in [-0.4, -0.2) is 89.5 Å². The lowest BCUT2D eigenvalue weighted by Crippen LogP contribution is -2.45. The molecule has 296 valence electrons. The quantitative estimate of drug-likeness (QED) is 0.118. The molecule has 2 aromatic heterocycles. The van der Waals surface area contributed by atoms with E-state index in [1.165, 1.54) is 0 Å². The lowest BCUT2D eigenvalue weighted by atomic mass is 10.0. The van der Waals surface area contributed by atoms with Gasteiger partial charge in [-0.25, -0.2) is 14.8 Å². The predicted octanol–water partition coefficient (Wildman–Crippen LogP) is 7.78. The summed E-state index contributed by atoms with van der Waals surface area (Å²) < 4.78 is 2.06. The Morgan fingerprint density at radius 1 is 0.807 bits per heavy atom. The van der Waals surface area contributed by atoms with Gasteiger partial charge in [0.15, 0.2) is 0 Å². The third-order valence-electron chi connectivity index (χ3n) is 12.3. The SMILES string of the molecule is CCN(CC)[C@@H](C(=O)N1CCC[C@H]1c1ncc(-c2ccc(-c3ccc(-n4ccnc4[C@@H]4CCCN4C(=O)[C@H]4CCC[C@@H]4NC(=O)O)cc3)cc2)[nH]1)c1ccccc1. The van der Waals surface area contributed by atoms with Crippen molar-refractivity contribution >= 4 is 17.9 Å². The fourth-order valence-electron chi connectivity index (χ4n) is 9.39. The molecule has 3 amide bonds. The number of carbonyl (C=O) groups is 3. The summed E-state index contributed by atoms with van der Waals surface area (Å²) in [5, 5.41) is 11.9. The van der Waals surface area contributed by atoms with Crippen LogP contribution in [0.2, 0.25) is 0 Å². The minimum absolute atomic E-state index is 0.0203. The van der Waals surface area contributed by atoms with Crippen molar-refractivity contribution in [3.8, 4) is 28.1 Å². The van der Waals surface area contributed by atoms with Crippen molar-refractivity contribution in [2.45, 2.75) is 83.0 Å². The van der Waals surface area contributed by atoms with E-state index in [0.717, 1.165) is 90.5 Å². The molecule has 3 aliphatic rings. The highest BCUT2D eigenvalue weighted by molar-refractivity contribution is 5.84. The molecule has 12 heteroatoms. The van der Waals surface area contributed by atoms with Gasteiger partial charge < -0.3 is 29.8 Å². The summed E-state index contributed by atoms with van der Waals surface area (Å²) in [5.41, 5.74) is 6.09. The van der Waals surface area contributed by atoms with Crippen molar-refractivity contribution in [3.63, 3.8) is 0 Å². The smallest absolute Gasteiger partial charge is 0.404 e. The normalized spacial score (nSPS) is 21.3. The van der Waals surface area contributed by atoms with Gasteiger partial charge in [0.05, 0.1) is 29.9 Å². The molecule has 0 radical (unpaired) electrons. The first-order chi connectivity index (χ1) is 27.8. The Morgan fingerprint density at radius 2 is 1.47 bits per heavy atom. The highest BCUT2D eigenvalue weighted by Gasteiger charge is 2.42. The van der Waals surface area contributed by atoms with Crippen LogP contribution in [0.4, 0.5) is 4.79 Å². The zero-order valence-electron chi connectivity index (χ0n) is 32.8. The molecule has 3 aromatic carbocycles. The van der Waals surface area contributed by atoms with Gasteiger partial charge in [-0.3, -0.25) is 14.5 Å². The number of nitrogens with one attached hydrogen (secondary N) is 2. The van der Waals surface area contributed by atoms with E-state index < -0.39 is 6.09 Å². The van der Waals surface area contributed by atoms with Crippen LogP contribution >= 0.6 is 0 Å². The van der Waals surface area contributed by atoms with E-state index in [1.807, 2.05) is 40.4 Å². The Labute approximate surface area is 333 Å². The summed E-state index contributed by atoms with van der Waals surface area (Å²) in [6, 6.07) is 26.0. The van der Waals surface area contributed by atoms with Crippen molar-refractivity contribution in [1.82, 2.24) is 39.5 Å². The maximum Gasteiger partial charge on any atom is 0.404 e. The number of amides is 3. The summed E-state index contributed by atoms with van der Waals surface area (Å²) in [5.74, 6) is 1.46. The topological polar surface area (TPSA) is 140 Å². The van der Waals surface area contributed by atoms with Crippen LogP contribution in [-0.2, 0) is 9.59 Å². The summed E-state index contributed by atoms with van der Waals surface area (Å²) in [6.07, 6.45) is 10.2. The van der Waals surface area contributed by atoms with Crippen LogP contribution in [0.25, 0.3) is 28.1 Å². The molecule has 5 aromatic rings. The number of likely N-dealkylation sites (N-methyl/N-ethyl adjacent to an activating group) is 1. The van der Waals surface area contributed by atoms with Crippen molar-refractivity contribution < 1.29 is 19.5 Å². The van der Waals surface area contributed by atoms with Gasteiger partial charge in [0.1, 0.15) is 17.7 Å². The van der Waals surface area contributed by atoms with Gasteiger partial charge in [-0.1, -0.05) is 87.0 Å². The Morgan fingerprint density at radius 3 is 2.18 bits per heavy atom. The molecule has 3 N–H and O–H groups in total. The zero-order chi connectivity index (χ0) is 39.5. The number of H-pyrrole nitrogens is 1. The number of rotatable bonds is 12. The van der Waals surface area contributed by atoms with E-state index in [-0.39, 0.29) is 41.9 Å². The molecular weight excluding hydrogens is 717 g/mol. The summed E-state index contributed by atoms with van der Waals surface area (Å²) in [6.45, 7) is 7.16. The second-order valence-electron chi connectivity index (χ2n) is 15.5. The van der Waals surface area contributed by atoms with Gasteiger partial charge in [-0.05, 0) is 86.0 Å². The van der Waals surface area contributed by atoms with Crippen LogP contribution in [0.5, 0.6) is 0 Å². The van der Waals surface area contributed by atoms with Crippen molar-refractivity contribution in [1.29, 1.82) is 0 Å². The molecule has 8 rings (SSSR count). The number of aromatic amines is 1. The molecule has 57 heavy (non-hydrogen) atoms. The van der Waals surface area contributed by atoms with Gasteiger partial charge in [-0.15, -0.1) is 0 Å². The van der Waals surface area contributed by atoms with E-state index in [2.05, 4.69) is 94.3 Å². The minimum Gasteiger partial charge on any atom is -0.465 e. The highest BCUT2D eigenvalue weighted by Crippen LogP contribution is 2.38. The summed E-state index contributed by atoms with van der Waals surface area (Å²) in [4.78, 5) is 58.6. The number of hydrogen-bond donors (Lipinski definition) is 3. The molecule has 12 nitrogen and oxygen atoms in total. The van der Waals surface area contributed by atoms with E-state index in [4.69, 9.17) is 9.97 Å². The number of hydrogen-bond acceptors (Lipinski definition) is 6. The van der Waals surface area contributed by atoms with E-state index in [1.54, 1.807) is 6.20 Å². The number of benzene rings is 3. The molecule has 2 saturated heterocycles. The number of likely N-dealkylation sites (tertiary alicyclic amines) is 2. The minimum atomic E-state index is -1.08. The van der Waals surface area contributed by atoms with E-state index in [9.17, 15) is 19.5 Å². The second kappa shape index (κ2) is 16.8. The molecule has 0 unspecified atom stereocenters. The van der Waals surface area contributed by atoms with E-state index in [0.29, 0.717) is 25.9 Å². The van der Waals surface area contributed by atoms with Crippen LogP contribution < -0.4 is 5.32 Å². The summed E-state index contributed by atoms with van der Waals surface area (Å²) >= 11 is 0.